The molecule has 1 atom stereocenters. The molecule has 0 spiro atoms. The lowest BCUT2D eigenvalue weighted by Crippen LogP contribution is -2.40. The number of morpholine rings is 1. The summed E-state index contributed by atoms with van der Waals surface area (Å²) in [5.74, 6) is -0.619. The number of carbonyl (C=O) groups is 1. The Hall–Kier alpha value is -2.24. The van der Waals surface area contributed by atoms with E-state index in [-0.39, 0.29) is 23.6 Å². The largest absolute Gasteiger partial charge is 0.467 e. The third kappa shape index (κ3) is 3.05. The van der Waals surface area contributed by atoms with Gasteiger partial charge in [0.15, 0.2) is 11.7 Å². The molecule has 0 saturated carbocycles. The molecule has 1 fully saturated rings. The Kier molecular flexibility index (Phi) is 4.62. The van der Waals surface area contributed by atoms with E-state index in [1.165, 1.54) is 36.7 Å². The van der Waals surface area contributed by atoms with Gasteiger partial charge >= 0.3 is 11.7 Å². The van der Waals surface area contributed by atoms with Crippen molar-refractivity contribution in [2.45, 2.75) is 17.9 Å². The highest BCUT2D eigenvalue weighted by atomic mass is 32.2. The van der Waals surface area contributed by atoms with Crippen LogP contribution in [0.4, 0.5) is 0 Å². The highest BCUT2D eigenvalue weighted by Crippen LogP contribution is 2.17. The number of ether oxygens (including phenoxy) is 2. The Bertz CT molecular complexity index is 957. The normalized spacial score (nSPS) is 17.5. The van der Waals surface area contributed by atoms with Crippen LogP contribution in [0.3, 0.4) is 0 Å². The topological polar surface area (TPSA) is 112 Å². The first-order chi connectivity index (χ1) is 11.9. The summed E-state index contributed by atoms with van der Waals surface area (Å²) >= 11 is 0. The molecule has 25 heavy (non-hydrogen) atoms. The molecule has 0 amide bonds. The zero-order valence-electron chi connectivity index (χ0n) is 13.8. The molecular weight excluding hydrogens is 352 g/mol. The highest BCUT2D eigenvalue weighted by Gasteiger charge is 2.27. The number of hydrogen-bond donors (Lipinski definition) is 0. The van der Waals surface area contributed by atoms with Crippen LogP contribution in [-0.2, 0) is 24.3 Å². The summed E-state index contributed by atoms with van der Waals surface area (Å²) in [5, 5.41) is 4.05. The van der Waals surface area contributed by atoms with Crippen molar-refractivity contribution >= 4 is 21.6 Å². The molecule has 0 aromatic carbocycles. The Morgan fingerprint density at radius 1 is 1.32 bits per heavy atom. The van der Waals surface area contributed by atoms with Crippen LogP contribution in [0.25, 0.3) is 5.65 Å². The van der Waals surface area contributed by atoms with Crippen molar-refractivity contribution in [3.63, 3.8) is 0 Å². The van der Waals surface area contributed by atoms with Gasteiger partial charge in [0.25, 0.3) is 0 Å². The summed E-state index contributed by atoms with van der Waals surface area (Å²) in [6, 6.07) is 1.89. The summed E-state index contributed by atoms with van der Waals surface area (Å²) in [6.07, 6.45) is 1.22. The van der Waals surface area contributed by atoms with Gasteiger partial charge in [0.05, 0.1) is 25.2 Å². The van der Waals surface area contributed by atoms with Crippen molar-refractivity contribution in [3.8, 4) is 0 Å². The predicted octanol–water partition coefficient (Wildman–Crippen LogP) is -0.749. The van der Waals surface area contributed by atoms with E-state index >= 15 is 0 Å². The zero-order valence-corrected chi connectivity index (χ0v) is 14.6. The first-order valence-electron chi connectivity index (χ1n) is 7.63. The minimum Gasteiger partial charge on any atom is -0.467 e. The summed E-state index contributed by atoms with van der Waals surface area (Å²) in [7, 11) is -2.52. The van der Waals surface area contributed by atoms with Gasteiger partial charge in [-0.05, 0) is 19.1 Å². The molecule has 1 aliphatic rings. The van der Waals surface area contributed by atoms with Crippen molar-refractivity contribution < 1.29 is 22.7 Å². The minimum atomic E-state index is -3.74. The Balaban J connectivity index is 2.04. The van der Waals surface area contributed by atoms with Gasteiger partial charge in [-0.15, -0.1) is 5.10 Å². The van der Waals surface area contributed by atoms with Crippen LogP contribution in [0, 0.1) is 0 Å². The lowest BCUT2D eigenvalue weighted by Gasteiger charge is -2.25. The van der Waals surface area contributed by atoms with Crippen LogP contribution in [0.5, 0.6) is 0 Å². The molecule has 1 saturated heterocycles. The van der Waals surface area contributed by atoms with Gasteiger partial charge in [0.2, 0.25) is 10.0 Å². The second-order valence-corrected chi connectivity index (χ2v) is 7.47. The average Bonchev–Trinajstić information content (AvgIpc) is 2.97. The number of nitrogens with zero attached hydrogens (tertiary/aromatic N) is 4. The number of esters is 1. The minimum absolute atomic E-state index is 0.0192. The molecule has 3 heterocycles. The van der Waals surface area contributed by atoms with E-state index in [4.69, 9.17) is 4.74 Å². The van der Waals surface area contributed by atoms with Crippen LogP contribution in [0.15, 0.2) is 28.0 Å². The standard InChI is InChI=1S/C14H18N4O6S/c1-10(13(19)23-2)18-14(20)17-9-11(3-4-12(17)15-18)25(21,22)16-5-7-24-8-6-16/h3-4,9-10H,5-8H2,1-2H3. The number of carbonyl (C=O) groups excluding carboxylic acids is 1. The van der Waals surface area contributed by atoms with Gasteiger partial charge in [-0.2, -0.15) is 8.99 Å². The Morgan fingerprint density at radius 2 is 2.00 bits per heavy atom. The van der Waals surface area contributed by atoms with E-state index in [2.05, 4.69) is 9.84 Å². The number of hydrogen-bond acceptors (Lipinski definition) is 7. The summed E-state index contributed by atoms with van der Waals surface area (Å²) < 4.78 is 38.5. The number of sulfonamides is 1. The average molecular weight is 370 g/mol. The quantitative estimate of drug-likeness (QED) is 0.651. The fraction of sp³-hybridized carbons (Fsp3) is 0.500. The smallest absolute Gasteiger partial charge is 0.351 e. The van der Waals surface area contributed by atoms with Gasteiger partial charge in [0, 0.05) is 19.3 Å². The van der Waals surface area contributed by atoms with E-state index in [9.17, 15) is 18.0 Å². The lowest BCUT2D eigenvalue weighted by atomic mass is 10.3. The molecule has 11 heteroatoms. The third-order valence-electron chi connectivity index (χ3n) is 4.03. The first-order valence-corrected chi connectivity index (χ1v) is 9.07. The van der Waals surface area contributed by atoms with Crippen LogP contribution in [0.2, 0.25) is 0 Å². The fourth-order valence-electron chi connectivity index (χ4n) is 2.58. The number of fused-ring (bicyclic) bond motifs is 1. The maximum absolute atomic E-state index is 12.7. The molecule has 0 bridgehead atoms. The molecule has 1 aliphatic heterocycles. The van der Waals surface area contributed by atoms with Gasteiger partial charge < -0.3 is 9.47 Å². The molecule has 0 aliphatic carbocycles. The Labute approximate surface area is 143 Å². The highest BCUT2D eigenvalue weighted by molar-refractivity contribution is 7.89. The molecule has 136 valence electrons. The number of rotatable bonds is 4. The fourth-order valence-corrected chi connectivity index (χ4v) is 3.99. The molecule has 2 aromatic rings. The number of pyridine rings is 1. The molecule has 2 aromatic heterocycles. The van der Waals surface area contributed by atoms with E-state index in [1.807, 2.05) is 0 Å². The monoisotopic (exact) mass is 370 g/mol. The summed E-state index contributed by atoms with van der Waals surface area (Å²) in [6.45, 7) is 2.65. The van der Waals surface area contributed by atoms with E-state index in [0.29, 0.717) is 13.2 Å². The van der Waals surface area contributed by atoms with Crippen LogP contribution in [0.1, 0.15) is 13.0 Å². The van der Waals surface area contributed by atoms with Crippen molar-refractivity contribution in [1.82, 2.24) is 18.5 Å². The van der Waals surface area contributed by atoms with E-state index < -0.39 is 27.7 Å². The van der Waals surface area contributed by atoms with Crippen LogP contribution >= 0.6 is 0 Å². The van der Waals surface area contributed by atoms with Gasteiger partial charge in [0.1, 0.15) is 0 Å². The second kappa shape index (κ2) is 6.58. The van der Waals surface area contributed by atoms with Crippen molar-refractivity contribution in [2.75, 3.05) is 33.4 Å². The number of methoxy groups -OCH3 is 1. The van der Waals surface area contributed by atoms with Crippen molar-refractivity contribution in [1.29, 1.82) is 0 Å². The second-order valence-electron chi connectivity index (χ2n) is 5.54. The molecule has 1 unspecified atom stereocenters. The summed E-state index contributed by atoms with van der Waals surface area (Å²) in [5.41, 5.74) is -0.381. The summed E-state index contributed by atoms with van der Waals surface area (Å²) in [4.78, 5) is 24.1. The maximum atomic E-state index is 12.7. The lowest BCUT2D eigenvalue weighted by molar-refractivity contribution is -0.144. The van der Waals surface area contributed by atoms with Gasteiger partial charge in [-0.25, -0.2) is 22.4 Å². The Morgan fingerprint density at radius 3 is 2.64 bits per heavy atom. The van der Waals surface area contributed by atoms with Crippen LogP contribution in [-0.4, -0.2) is 66.3 Å². The zero-order chi connectivity index (χ0) is 18.2. The third-order valence-corrected chi connectivity index (χ3v) is 5.91. The van der Waals surface area contributed by atoms with Crippen molar-refractivity contribution in [2.24, 2.45) is 0 Å². The van der Waals surface area contributed by atoms with E-state index in [1.54, 1.807) is 0 Å². The predicted molar refractivity (Wildman–Crippen MR) is 85.8 cm³/mol. The van der Waals surface area contributed by atoms with Crippen molar-refractivity contribution in [3.05, 3.63) is 28.8 Å². The molecule has 10 nitrogen and oxygen atoms in total. The molecule has 0 radical (unpaired) electrons. The van der Waals surface area contributed by atoms with Gasteiger partial charge in [-0.1, -0.05) is 0 Å². The first kappa shape index (κ1) is 17.6. The molecular formula is C14H18N4O6S. The molecule has 3 rings (SSSR count). The van der Waals surface area contributed by atoms with E-state index in [0.717, 1.165) is 9.08 Å². The SMILES string of the molecule is COC(=O)C(C)n1nc2ccc(S(=O)(=O)N3CCOCC3)cn2c1=O. The maximum Gasteiger partial charge on any atom is 0.351 e. The van der Waals surface area contributed by atoms with Crippen LogP contribution < -0.4 is 5.69 Å². The van der Waals surface area contributed by atoms with Gasteiger partial charge in [-0.3, -0.25) is 0 Å². The number of aromatic nitrogens is 3. The molecule has 0 N–H and O–H groups in total.